The zero-order valence-corrected chi connectivity index (χ0v) is 24.9. The molecule has 0 aliphatic heterocycles. The minimum atomic E-state index is -1.08. The van der Waals surface area contributed by atoms with E-state index in [0.29, 0.717) is 26.7 Å². The number of aromatic nitrogens is 1. The molecule has 2 aromatic heterocycles. The minimum Gasteiger partial charge on any atom is -0.455 e. The van der Waals surface area contributed by atoms with Crippen molar-refractivity contribution in [3.8, 4) is 16.8 Å². The molecule has 0 fully saturated rings. The van der Waals surface area contributed by atoms with Crippen molar-refractivity contribution in [1.29, 1.82) is 0 Å². The molecule has 0 N–H and O–H groups in total. The normalized spacial score (nSPS) is 18.0. The maximum Gasteiger partial charge on any atom is 0.143 e. The van der Waals surface area contributed by atoms with E-state index in [1.54, 1.807) is 48.5 Å². The lowest BCUT2D eigenvalue weighted by Crippen LogP contribution is -2.11. The average molecular weight is 649 g/mol. The fraction of sp³-hybridized carbons (Fsp3) is 0. The molecule has 0 aliphatic carbocycles. The first-order chi connectivity index (χ1) is 33.5. The van der Waals surface area contributed by atoms with E-state index in [2.05, 4.69) is 0 Å². The van der Waals surface area contributed by atoms with Crippen LogP contribution < -0.4 is 4.90 Å². The summed E-state index contributed by atoms with van der Waals surface area (Å²) in [6.07, 6.45) is 0. The summed E-state index contributed by atoms with van der Waals surface area (Å²) >= 11 is 0. The number of benzene rings is 8. The molecule has 0 unspecified atom stereocenters. The summed E-state index contributed by atoms with van der Waals surface area (Å²) in [5, 5.41) is -0.653. The molecule has 0 radical (unpaired) electrons. The molecular weight excluding hydrogens is 597 g/mol. The van der Waals surface area contributed by atoms with Gasteiger partial charge in [0.25, 0.3) is 0 Å². The van der Waals surface area contributed by atoms with Crippen molar-refractivity contribution in [2.45, 2.75) is 0 Å². The second-order valence-corrected chi connectivity index (χ2v) is 10.9. The van der Waals surface area contributed by atoms with E-state index in [1.807, 2.05) is 0 Å². The molecule has 10 rings (SSSR count). The summed E-state index contributed by atoms with van der Waals surface area (Å²) in [6, 6.07) is -5.28. The lowest BCUT2D eigenvalue weighted by molar-refractivity contribution is 0.672. The largest absolute Gasteiger partial charge is 0.455 e. The lowest BCUT2D eigenvalue weighted by atomic mass is 10.0. The molecule has 0 spiro atoms. The van der Waals surface area contributed by atoms with Crippen LogP contribution in [-0.4, -0.2) is 4.57 Å². The van der Waals surface area contributed by atoms with Crippen LogP contribution >= 0.6 is 0 Å². The second kappa shape index (κ2) is 11.0. The van der Waals surface area contributed by atoms with Gasteiger partial charge in [0.2, 0.25) is 0 Å². The van der Waals surface area contributed by atoms with Crippen LogP contribution in [0.15, 0.2) is 186 Å². The molecule has 0 saturated heterocycles. The zero-order chi connectivity index (χ0) is 51.5. The van der Waals surface area contributed by atoms with Crippen molar-refractivity contribution in [1.82, 2.24) is 4.57 Å². The molecular formula is C46H30N2O. The Morgan fingerprint density at radius 1 is 0.510 bits per heavy atom. The fourth-order valence-electron chi connectivity index (χ4n) is 6.08. The van der Waals surface area contributed by atoms with Crippen LogP contribution in [0.1, 0.15) is 30.2 Å². The number of furan rings is 1. The van der Waals surface area contributed by atoms with Crippen LogP contribution in [0.3, 0.4) is 0 Å². The Bertz CT molecular complexity index is 4000. The van der Waals surface area contributed by atoms with E-state index < -0.39 is 194 Å². The van der Waals surface area contributed by atoms with Gasteiger partial charge in [-0.3, -0.25) is 0 Å². The lowest BCUT2D eigenvalue weighted by Gasteiger charge is -2.27. The Kier molecular flexibility index (Phi) is 3.03. The number of fused-ring (bicyclic) bond motifs is 8. The molecule has 3 heteroatoms. The van der Waals surface area contributed by atoms with Crippen LogP contribution in [0.2, 0.25) is 0 Å². The SMILES string of the molecule is [2H]c1c([2H])c([2H])c(-c2c([2H])c([2H])c(N(c3c([2H])c([2H])c([2H])c(-n4c5ccccc5c5ccccc54)c3[2H])c3c([2H])c([2H])c([2H])c4oc5c6c([2H])c([2H])c([2H])c([2H])c6c([2H])c([2H])c5c34)c([2H])c2[2H])c([2H])c1[2H]. The van der Waals surface area contributed by atoms with Gasteiger partial charge in [0.15, 0.2) is 0 Å². The van der Waals surface area contributed by atoms with Crippen LogP contribution in [0, 0.1) is 0 Å². The third-order valence-electron chi connectivity index (χ3n) is 8.16. The summed E-state index contributed by atoms with van der Waals surface area (Å²) in [5.41, 5.74) is -4.68. The standard InChI is InChI=1S/C46H30N2O/c1-2-12-31(13-3-1)32-24-27-34(28-25-32)47(43-22-11-23-44-45(43)40-29-26-33-14-4-5-17-37(33)46(40)49-44)35-15-10-16-36(30-35)48-41-20-8-6-18-38(41)39-19-7-9-21-42(39)48/h1-30H/i1D,2D,3D,4D,5D,10D,11D,12D,13D,14D,15D,16D,17D,22D,23D,24D,25D,26D,27D,28D,29D,30D. The third-order valence-corrected chi connectivity index (χ3v) is 8.16. The van der Waals surface area contributed by atoms with Gasteiger partial charge in [0.1, 0.15) is 11.2 Å². The van der Waals surface area contributed by atoms with E-state index in [4.69, 9.17) is 20.9 Å². The number of nitrogens with zero attached hydrogens (tertiary/aromatic N) is 2. The van der Waals surface area contributed by atoms with Gasteiger partial charge in [-0.05, 0) is 77.0 Å². The average Bonchev–Trinajstić information content (AvgIpc) is 3.91. The molecule has 0 atom stereocenters. The Morgan fingerprint density at radius 2 is 1.20 bits per heavy atom. The molecule has 10 aromatic rings. The van der Waals surface area contributed by atoms with Gasteiger partial charge in [0, 0.05) is 38.6 Å². The summed E-state index contributed by atoms with van der Waals surface area (Å²) in [5.74, 6) is 0. The fourth-order valence-corrected chi connectivity index (χ4v) is 6.08. The highest BCUT2D eigenvalue weighted by Crippen LogP contribution is 2.45. The van der Waals surface area contributed by atoms with E-state index in [0.717, 1.165) is 0 Å². The highest BCUT2D eigenvalue weighted by atomic mass is 16.3. The van der Waals surface area contributed by atoms with Gasteiger partial charge in [-0.2, -0.15) is 0 Å². The number of hydrogen-bond donors (Lipinski definition) is 0. The van der Waals surface area contributed by atoms with Crippen molar-refractivity contribution in [2.75, 3.05) is 4.90 Å². The molecule has 0 amide bonds. The molecule has 0 saturated carbocycles. The summed E-state index contributed by atoms with van der Waals surface area (Å²) < 4.78 is 207. The first kappa shape index (κ1) is 13.5. The van der Waals surface area contributed by atoms with Gasteiger partial charge >= 0.3 is 0 Å². The Hall–Kier alpha value is -6.58. The number of hydrogen-bond acceptors (Lipinski definition) is 2. The highest BCUT2D eigenvalue weighted by Gasteiger charge is 2.21. The number of anilines is 3. The predicted molar refractivity (Wildman–Crippen MR) is 206 cm³/mol. The van der Waals surface area contributed by atoms with Gasteiger partial charge in [-0.25, -0.2) is 0 Å². The van der Waals surface area contributed by atoms with Gasteiger partial charge in [0.05, 0.1) is 52.3 Å². The van der Waals surface area contributed by atoms with Crippen LogP contribution in [0.5, 0.6) is 0 Å². The van der Waals surface area contributed by atoms with Crippen molar-refractivity contribution in [3.05, 3.63) is 181 Å². The Labute approximate surface area is 314 Å². The molecule has 49 heavy (non-hydrogen) atoms. The van der Waals surface area contributed by atoms with E-state index in [1.165, 1.54) is 4.57 Å². The van der Waals surface area contributed by atoms with Gasteiger partial charge < -0.3 is 13.9 Å². The Balaban J connectivity index is 1.46. The maximum atomic E-state index is 10.1. The molecule has 8 aromatic carbocycles. The van der Waals surface area contributed by atoms with E-state index in [-0.39, 0.29) is 5.69 Å². The first-order valence-corrected chi connectivity index (χ1v) is 14.9. The van der Waals surface area contributed by atoms with E-state index in [9.17, 15) is 13.7 Å². The molecule has 0 aliphatic rings. The predicted octanol–water partition coefficient (Wildman–Crippen LogP) is 13.0. The molecule has 3 nitrogen and oxygen atoms in total. The number of para-hydroxylation sites is 2. The monoisotopic (exact) mass is 648 g/mol. The van der Waals surface area contributed by atoms with E-state index >= 15 is 0 Å². The van der Waals surface area contributed by atoms with Crippen molar-refractivity contribution >= 4 is 71.6 Å². The summed E-state index contributed by atoms with van der Waals surface area (Å²) in [6.45, 7) is 0. The summed E-state index contributed by atoms with van der Waals surface area (Å²) in [4.78, 5) is 0.663. The quantitative estimate of drug-likeness (QED) is 0.185. The first-order valence-electron chi connectivity index (χ1n) is 25.9. The summed E-state index contributed by atoms with van der Waals surface area (Å²) in [7, 11) is 0. The van der Waals surface area contributed by atoms with Crippen molar-refractivity contribution < 1.29 is 34.6 Å². The molecule has 2 heterocycles. The Morgan fingerprint density at radius 3 is 2.00 bits per heavy atom. The van der Waals surface area contributed by atoms with Crippen molar-refractivity contribution in [3.63, 3.8) is 0 Å². The second-order valence-electron chi connectivity index (χ2n) is 10.9. The smallest absolute Gasteiger partial charge is 0.143 e. The highest BCUT2D eigenvalue weighted by molar-refractivity contribution is 6.19. The minimum absolute atomic E-state index is 0.353. The number of rotatable bonds is 5. The third kappa shape index (κ3) is 4.37. The van der Waals surface area contributed by atoms with Crippen molar-refractivity contribution in [2.24, 2.45) is 0 Å². The van der Waals surface area contributed by atoms with Gasteiger partial charge in [-0.15, -0.1) is 0 Å². The van der Waals surface area contributed by atoms with Crippen LogP contribution in [0.25, 0.3) is 71.3 Å². The molecule has 230 valence electrons. The van der Waals surface area contributed by atoms with Gasteiger partial charge in [-0.1, -0.05) is 121 Å². The van der Waals surface area contributed by atoms with Crippen LogP contribution in [-0.2, 0) is 0 Å². The molecule has 0 bridgehead atoms. The van der Waals surface area contributed by atoms with Crippen LogP contribution in [0.4, 0.5) is 17.1 Å². The topological polar surface area (TPSA) is 21.3 Å². The maximum absolute atomic E-state index is 10.1. The zero-order valence-electron chi connectivity index (χ0n) is 46.9.